The molecule has 8 heavy (non-hydrogen) atoms. The second kappa shape index (κ2) is 4.71. The first-order valence-corrected chi connectivity index (χ1v) is 3.23. The molecule has 45 valence electrons. The summed E-state index contributed by atoms with van der Waals surface area (Å²) < 4.78 is 0. The van der Waals surface area contributed by atoms with Gasteiger partial charge in [0.05, 0.1) is 0 Å². The molecule has 0 saturated carbocycles. The fourth-order valence-electron chi connectivity index (χ4n) is 0.582. The van der Waals surface area contributed by atoms with Gasteiger partial charge in [0.15, 0.2) is 0 Å². The third kappa shape index (κ3) is 3.74. The Balaban J connectivity index is 3.02. The Kier molecular flexibility index (Phi) is 4.45. The maximum absolute atomic E-state index is 6.74. The molecule has 0 heterocycles. The first-order valence-electron chi connectivity index (χ1n) is 3.23. The summed E-state index contributed by atoms with van der Waals surface area (Å²) in [5, 5.41) is 0. The van der Waals surface area contributed by atoms with Crippen LogP contribution in [0.2, 0.25) is 0 Å². The van der Waals surface area contributed by atoms with Crippen molar-refractivity contribution in [3.63, 3.8) is 0 Å². The third-order valence-corrected chi connectivity index (χ3v) is 1.24. The van der Waals surface area contributed by atoms with Gasteiger partial charge in [0.25, 0.3) is 0 Å². The molecule has 0 aromatic heterocycles. The van der Waals surface area contributed by atoms with Crippen LogP contribution in [0.1, 0.15) is 33.1 Å². The van der Waals surface area contributed by atoms with E-state index >= 15 is 0 Å². The predicted molar refractivity (Wildman–Crippen MR) is 35.8 cm³/mol. The molecule has 0 aromatic carbocycles. The van der Waals surface area contributed by atoms with E-state index in [1.54, 1.807) is 0 Å². The largest absolute Gasteiger partial charge is 0.0860 e. The minimum absolute atomic E-state index is 0.370. The Bertz CT molecular complexity index is 76.5. The summed E-state index contributed by atoms with van der Waals surface area (Å²) in [6.45, 7) is 4.19. The first-order chi connectivity index (χ1) is 3.81. The normalized spacial score (nSPS) is 12.6. The molecule has 0 fully saturated rings. The summed E-state index contributed by atoms with van der Waals surface area (Å²) >= 11 is 0. The molecule has 0 bridgehead atoms. The lowest BCUT2D eigenvalue weighted by molar-refractivity contribution is 0.613. The van der Waals surface area contributed by atoms with E-state index in [1.807, 2.05) is 6.92 Å². The zero-order valence-electron chi connectivity index (χ0n) is 5.70. The van der Waals surface area contributed by atoms with Crippen molar-refractivity contribution in [3.8, 4) is 5.92 Å². The molecule has 0 aromatic rings. The minimum Gasteiger partial charge on any atom is -0.0860 e. The van der Waals surface area contributed by atoms with E-state index in [2.05, 4.69) is 12.8 Å². The lowest BCUT2D eigenvalue weighted by Gasteiger charge is -1.98. The van der Waals surface area contributed by atoms with Crippen LogP contribution in [-0.4, -0.2) is 0 Å². The van der Waals surface area contributed by atoms with Gasteiger partial charge < -0.3 is 0 Å². The van der Waals surface area contributed by atoms with Crippen molar-refractivity contribution in [3.05, 3.63) is 6.42 Å². The van der Waals surface area contributed by atoms with Crippen LogP contribution >= 0.6 is 0 Å². The smallest absolute Gasteiger partial charge is 0.0184 e. The SMILES string of the molecule is [C]#CC(C)CCCC. The highest BCUT2D eigenvalue weighted by atomic mass is 14.0. The summed E-state index contributed by atoms with van der Waals surface area (Å²) in [7, 11) is 0. The van der Waals surface area contributed by atoms with Crippen LogP contribution in [0.3, 0.4) is 0 Å². The molecule has 0 rings (SSSR count). The first kappa shape index (κ1) is 7.56. The van der Waals surface area contributed by atoms with E-state index in [-0.39, 0.29) is 0 Å². The number of rotatable bonds is 3. The fourth-order valence-corrected chi connectivity index (χ4v) is 0.582. The molecule has 0 aliphatic rings. The van der Waals surface area contributed by atoms with Crippen molar-refractivity contribution in [2.24, 2.45) is 5.92 Å². The van der Waals surface area contributed by atoms with Crippen LogP contribution in [0, 0.1) is 18.3 Å². The van der Waals surface area contributed by atoms with Crippen molar-refractivity contribution in [1.82, 2.24) is 0 Å². The molecule has 0 amide bonds. The minimum atomic E-state index is 0.370. The van der Waals surface area contributed by atoms with Crippen LogP contribution in [0.25, 0.3) is 0 Å². The van der Waals surface area contributed by atoms with Gasteiger partial charge in [-0.1, -0.05) is 32.6 Å². The molecule has 0 aliphatic heterocycles. The van der Waals surface area contributed by atoms with Crippen molar-refractivity contribution in [2.75, 3.05) is 0 Å². The zero-order valence-corrected chi connectivity index (χ0v) is 5.70. The molecule has 1 unspecified atom stereocenters. The molecular formula is C8H13. The molecule has 0 nitrogen and oxygen atoms in total. The van der Waals surface area contributed by atoms with E-state index in [9.17, 15) is 0 Å². The molecule has 0 spiro atoms. The van der Waals surface area contributed by atoms with E-state index < -0.39 is 0 Å². The Morgan fingerprint density at radius 3 is 2.62 bits per heavy atom. The number of unbranched alkanes of at least 4 members (excludes halogenated alkanes) is 1. The summed E-state index contributed by atoms with van der Waals surface area (Å²) in [6, 6.07) is 0. The predicted octanol–water partition coefficient (Wildman–Crippen LogP) is 2.40. The molecule has 0 N–H and O–H groups in total. The highest BCUT2D eigenvalue weighted by molar-refractivity contribution is 4.82. The molecular weight excluding hydrogens is 96.1 g/mol. The van der Waals surface area contributed by atoms with Gasteiger partial charge in [-0.25, -0.2) is 0 Å². The molecule has 0 heteroatoms. The lowest BCUT2D eigenvalue weighted by atomic mass is 10.1. The highest BCUT2D eigenvalue weighted by Gasteiger charge is 1.92. The van der Waals surface area contributed by atoms with Crippen LogP contribution in [0.5, 0.6) is 0 Å². The van der Waals surface area contributed by atoms with Crippen molar-refractivity contribution in [2.45, 2.75) is 33.1 Å². The maximum atomic E-state index is 6.74. The third-order valence-electron chi connectivity index (χ3n) is 1.24. The van der Waals surface area contributed by atoms with Gasteiger partial charge in [0.1, 0.15) is 0 Å². The lowest BCUT2D eigenvalue weighted by Crippen LogP contribution is -1.87. The van der Waals surface area contributed by atoms with Gasteiger partial charge in [-0.05, 0) is 12.8 Å². The Morgan fingerprint density at radius 1 is 1.62 bits per heavy atom. The van der Waals surface area contributed by atoms with E-state index in [1.165, 1.54) is 12.8 Å². The fraction of sp³-hybridized carbons (Fsp3) is 0.750. The Morgan fingerprint density at radius 2 is 2.25 bits per heavy atom. The van der Waals surface area contributed by atoms with Crippen LogP contribution in [-0.2, 0) is 0 Å². The molecule has 1 radical (unpaired) electrons. The quantitative estimate of drug-likeness (QED) is 0.488. The second-order valence-corrected chi connectivity index (χ2v) is 2.19. The summed E-state index contributed by atoms with van der Waals surface area (Å²) in [6.07, 6.45) is 10.3. The molecule has 0 aliphatic carbocycles. The topological polar surface area (TPSA) is 0 Å². The molecule has 1 atom stereocenters. The summed E-state index contributed by atoms with van der Waals surface area (Å²) in [4.78, 5) is 0. The average Bonchev–Trinajstić information content (AvgIpc) is 1.83. The summed E-state index contributed by atoms with van der Waals surface area (Å²) in [5.41, 5.74) is 0. The highest BCUT2D eigenvalue weighted by Crippen LogP contribution is 2.04. The molecule has 0 saturated heterocycles. The number of hydrogen-bond acceptors (Lipinski definition) is 0. The van der Waals surface area contributed by atoms with E-state index in [0.717, 1.165) is 6.42 Å². The monoisotopic (exact) mass is 109 g/mol. The van der Waals surface area contributed by atoms with E-state index in [4.69, 9.17) is 6.42 Å². The van der Waals surface area contributed by atoms with Gasteiger partial charge in [-0.3, -0.25) is 0 Å². The van der Waals surface area contributed by atoms with Crippen molar-refractivity contribution < 1.29 is 0 Å². The van der Waals surface area contributed by atoms with Gasteiger partial charge >= 0.3 is 0 Å². The van der Waals surface area contributed by atoms with Gasteiger partial charge in [0.2, 0.25) is 0 Å². The Hall–Kier alpha value is -0.440. The second-order valence-electron chi connectivity index (χ2n) is 2.19. The van der Waals surface area contributed by atoms with Crippen molar-refractivity contribution >= 4 is 0 Å². The maximum Gasteiger partial charge on any atom is 0.0184 e. The Labute approximate surface area is 52.3 Å². The van der Waals surface area contributed by atoms with Gasteiger partial charge in [-0.2, -0.15) is 0 Å². The zero-order chi connectivity index (χ0) is 6.41. The van der Waals surface area contributed by atoms with E-state index in [0.29, 0.717) is 5.92 Å². The van der Waals surface area contributed by atoms with Crippen LogP contribution in [0.15, 0.2) is 0 Å². The number of hydrogen-bond donors (Lipinski definition) is 0. The summed E-state index contributed by atoms with van der Waals surface area (Å²) in [5.74, 6) is 2.82. The average molecular weight is 109 g/mol. The van der Waals surface area contributed by atoms with Crippen molar-refractivity contribution in [1.29, 1.82) is 0 Å². The van der Waals surface area contributed by atoms with Gasteiger partial charge in [-0.15, -0.1) is 0 Å². The van der Waals surface area contributed by atoms with Crippen LogP contribution < -0.4 is 0 Å². The standard InChI is InChI=1S/C8H13/c1-4-6-7-8(3)5-2/h8H,4,6-7H2,1,3H3. The van der Waals surface area contributed by atoms with Gasteiger partial charge in [0, 0.05) is 5.92 Å². The van der Waals surface area contributed by atoms with Crippen LogP contribution in [0.4, 0.5) is 0 Å².